The van der Waals surface area contributed by atoms with Gasteiger partial charge in [0.05, 0.1) is 6.33 Å². The van der Waals surface area contributed by atoms with Crippen molar-refractivity contribution in [2.45, 2.75) is 17.3 Å². The molecule has 1 saturated heterocycles. The molecule has 4 rings (SSSR count). The molecule has 13 heteroatoms. The number of sulfonamides is 1. The van der Waals surface area contributed by atoms with Crippen LogP contribution in [0.15, 0.2) is 60.0 Å². The lowest BCUT2D eigenvalue weighted by atomic mass is 9.89. The molecule has 1 fully saturated rings. The van der Waals surface area contributed by atoms with Crippen LogP contribution in [-0.4, -0.2) is 48.3 Å². The van der Waals surface area contributed by atoms with Crippen molar-refractivity contribution in [3.8, 4) is 5.75 Å². The highest BCUT2D eigenvalue weighted by Crippen LogP contribution is 2.36. The molecule has 3 aromatic rings. The summed E-state index contributed by atoms with van der Waals surface area (Å²) in [5.41, 5.74) is 0.867. The monoisotopic (exact) mass is 516 g/mol. The van der Waals surface area contributed by atoms with Crippen molar-refractivity contribution in [3.05, 3.63) is 72.2 Å². The maximum atomic E-state index is 13.7. The molecular formula is C22H21F5N4O3S. The molecule has 0 amide bonds. The van der Waals surface area contributed by atoms with Crippen LogP contribution in [0.4, 0.5) is 27.6 Å². The van der Waals surface area contributed by atoms with E-state index in [4.69, 9.17) is 0 Å². The molecule has 0 unspecified atom stereocenters. The van der Waals surface area contributed by atoms with E-state index in [0.717, 1.165) is 12.1 Å². The van der Waals surface area contributed by atoms with Crippen molar-refractivity contribution >= 4 is 15.7 Å². The van der Waals surface area contributed by atoms with Gasteiger partial charge >= 0.3 is 6.36 Å². The van der Waals surface area contributed by atoms with Crippen LogP contribution in [0.2, 0.25) is 0 Å². The molecule has 7 nitrogen and oxygen atoms in total. The van der Waals surface area contributed by atoms with E-state index < -0.39 is 33.8 Å². The number of aryl methyl sites for hydroxylation is 1. The van der Waals surface area contributed by atoms with E-state index in [9.17, 15) is 30.4 Å². The Morgan fingerprint density at radius 2 is 1.83 bits per heavy atom. The van der Waals surface area contributed by atoms with Crippen molar-refractivity contribution in [2.75, 3.05) is 25.0 Å². The Labute approximate surface area is 198 Å². The third-order valence-corrected chi connectivity index (χ3v) is 7.43. The van der Waals surface area contributed by atoms with Gasteiger partial charge in [0.2, 0.25) is 0 Å². The highest BCUT2D eigenvalue weighted by atomic mass is 32.2. The summed E-state index contributed by atoms with van der Waals surface area (Å²) in [4.78, 5) is 3.93. The first-order chi connectivity index (χ1) is 16.4. The van der Waals surface area contributed by atoms with Crippen LogP contribution in [0.1, 0.15) is 11.5 Å². The number of anilines is 1. The van der Waals surface area contributed by atoms with Crippen LogP contribution >= 0.6 is 0 Å². The first-order valence-corrected chi connectivity index (χ1v) is 11.9. The first kappa shape index (κ1) is 24.9. The normalized spacial score (nSPS) is 19.1. The predicted octanol–water partition coefficient (Wildman–Crippen LogP) is 4.11. The second-order valence-electron chi connectivity index (χ2n) is 8.19. The lowest BCUT2D eigenvalue weighted by Gasteiger charge is -2.20. The van der Waals surface area contributed by atoms with Gasteiger partial charge in [0.15, 0.2) is 16.6 Å². The molecule has 0 radical (unpaired) electrons. The average Bonchev–Trinajstić information content (AvgIpc) is 3.41. The van der Waals surface area contributed by atoms with Gasteiger partial charge in [0, 0.05) is 50.6 Å². The molecule has 1 aliphatic rings. The number of nitrogens with one attached hydrogen (secondary N) is 1. The van der Waals surface area contributed by atoms with Crippen LogP contribution in [0, 0.1) is 17.6 Å². The fourth-order valence-corrected chi connectivity index (χ4v) is 5.53. The Bertz CT molecular complexity index is 1300. The second kappa shape index (κ2) is 9.46. The third-order valence-electron chi connectivity index (χ3n) is 5.72. The summed E-state index contributed by atoms with van der Waals surface area (Å²) in [5.74, 6) is -3.28. The molecule has 2 heterocycles. The van der Waals surface area contributed by atoms with Gasteiger partial charge in [-0.1, -0.05) is 12.1 Å². The molecule has 1 aromatic heterocycles. The van der Waals surface area contributed by atoms with Crippen LogP contribution in [0.25, 0.3) is 0 Å². The third kappa shape index (κ3) is 5.73. The molecule has 1 aliphatic heterocycles. The minimum Gasteiger partial charge on any atom is -0.403 e. The Balaban J connectivity index is 1.56. The van der Waals surface area contributed by atoms with Crippen molar-refractivity contribution in [3.63, 3.8) is 0 Å². The van der Waals surface area contributed by atoms with Gasteiger partial charge in [-0.15, -0.1) is 13.2 Å². The molecule has 0 spiro atoms. The van der Waals surface area contributed by atoms with E-state index in [2.05, 4.69) is 15.0 Å². The van der Waals surface area contributed by atoms with Gasteiger partial charge in [-0.25, -0.2) is 22.2 Å². The van der Waals surface area contributed by atoms with Gasteiger partial charge in [0.25, 0.3) is 10.0 Å². The van der Waals surface area contributed by atoms with Gasteiger partial charge in [-0.05, 0) is 35.7 Å². The van der Waals surface area contributed by atoms with Gasteiger partial charge in [-0.3, -0.25) is 0 Å². The summed E-state index contributed by atoms with van der Waals surface area (Å²) in [6, 6.07) is 8.66. The quantitative estimate of drug-likeness (QED) is 0.479. The predicted molar refractivity (Wildman–Crippen MR) is 116 cm³/mol. The van der Waals surface area contributed by atoms with Gasteiger partial charge in [0.1, 0.15) is 5.82 Å². The van der Waals surface area contributed by atoms with Crippen LogP contribution in [0.5, 0.6) is 5.75 Å². The summed E-state index contributed by atoms with van der Waals surface area (Å²) in [5, 5.41) is 2.83. The Kier molecular flexibility index (Phi) is 6.73. The topological polar surface area (TPSA) is 76.5 Å². The number of nitrogens with zero attached hydrogens (tertiary/aromatic N) is 3. The molecule has 2 aromatic carbocycles. The molecule has 0 saturated carbocycles. The highest BCUT2D eigenvalue weighted by Gasteiger charge is 2.41. The van der Waals surface area contributed by atoms with E-state index in [1.807, 2.05) is 0 Å². The summed E-state index contributed by atoms with van der Waals surface area (Å²) in [6.45, 7) is 0.331. The van der Waals surface area contributed by atoms with E-state index >= 15 is 0 Å². The zero-order chi connectivity index (χ0) is 25.4. The fraction of sp³-hybridized carbons (Fsp3) is 0.318. The zero-order valence-corrected chi connectivity index (χ0v) is 19.2. The fourth-order valence-electron chi connectivity index (χ4n) is 4.04. The van der Waals surface area contributed by atoms with E-state index in [-0.39, 0.29) is 42.2 Å². The number of hydrogen-bond acceptors (Lipinski definition) is 5. The van der Waals surface area contributed by atoms with Crippen molar-refractivity contribution in [2.24, 2.45) is 13.0 Å². The second-order valence-corrected chi connectivity index (χ2v) is 10.1. The Hall–Kier alpha value is -3.19. The molecule has 0 aliphatic carbocycles. The Morgan fingerprint density at radius 3 is 2.46 bits per heavy atom. The number of halogens is 5. The number of ether oxygens (including phenoxy) is 1. The number of rotatable bonds is 7. The standard InChI is InChI=1S/C22H21F5N4O3S/c1-30-12-21(29-13-30)35(32,33)31-10-15(18(11-31)14-2-4-16(23)5-3-14)9-28-17-6-7-19(24)20(8-17)34-22(25,26)27/h2-8,12-13,15,18,28H,9-11H2,1H3/t15-,18+/m0/s1. The van der Waals surface area contributed by atoms with Crippen LogP contribution in [-0.2, 0) is 17.1 Å². The zero-order valence-electron chi connectivity index (χ0n) is 18.3. The van der Waals surface area contributed by atoms with Crippen LogP contribution < -0.4 is 10.1 Å². The number of alkyl halides is 3. The summed E-state index contributed by atoms with van der Waals surface area (Å²) >= 11 is 0. The summed E-state index contributed by atoms with van der Waals surface area (Å²) in [6.07, 6.45) is -2.30. The van der Waals surface area contributed by atoms with E-state index in [1.54, 1.807) is 19.2 Å². The molecule has 0 bridgehead atoms. The first-order valence-electron chi connectivity index (χ1n) is 10.4. The molecule has 1 N–H and O–H groups in total. The number of aromatic nitrogens is 2. The van der Waals surface area contributed by atoms with Gasteiger partial charge < -0.3 is 14.6 Å². The van der Waals surface area contributed by atoms with Crippen molar-refractivity contribution in [1.29, 1.82) is 0 Å². The van der Waals surface area contributed by atoms with E-state index in [0.29, 0.717) is 5.56 Å². The summed E-state index contributed by atoms with van der Waals surface area (Å²) < 4.78 is 97.6. The Morgan fingerprint density at radius 1 is 1.11 bits per heavy atom. The largest absolute Gasteiger partial charge is 0.573 e. The molecular weight excluding hydrogens is 495 g/mol. The highest BCUT2D eigenvalue weighted by molar-refractivity contribution is 7.89. The maximum Gasteiger partial charge on any atom is 0.573 e. The van der Waals surface area contributed by atoms with E-state index in [1.165, 1.54) is 39.6 Å². The smallest absolute Gasteiger partial charge is 0.403 e. The average molecular weight is 516 g/mol. The number of hydrogen-bond donors (Lipinski definition) is 1. The van der Waals surface area contributed by atoms with Crippen molar-refractivity contribution < 1.29 is 35.1 Å². The summed E-state index contributed by atoms with van der Waals surface area (Å²) in [7, 11) is -2.27. The SMILES string of the molecule is Cn1cnc(S(=O)(=O)N2C[C@H](CNc3ccc(F)c(OC(F)(F)F)c3)[C@@H](c3ccc(F)cc3)C2)c1. The van der Waals surface area contributed by atoms with Crippen LogP contribution in [0.3, 0.4) is 0 Å². The molecule has 188 valence electrons. The maximum absolute atomic E-state index is 13.7. The molecule has 35 heavy (non-hydrogen) atoms. The molecule has 2 atom stereocenters. The number of imidazole rings is 1. The number of benzene rings is 2. The lowest BCUT2D eigenvalue weighted by Crippen LogP contribution is -2.30. The van der Waals surface area contributed by atoms with Gasteiger partial charge in [-0.2, -0.15) is 4.31 Å². The minimum absolute atomic E-state index is 0.0844. The minimum atomic E-state index is -5.06. The van der Waals surface area contributed by atoms with Crippen molar-refractivity contribution in [1.82, 2.24) is 13.9 Å². The lowest BCUT2D eigenvalue weighted by molar-refractivity contribution is -0.275.